The van der Waals surface area contributed by atoms with E-state index in [2.05, 4.69) is 25.7 Å². The number of benzene rings is 2. The Morgan fingerprint density at radius 1 is 0.933 bits per heavy atom. The average Bonchev–Trinajstić information content (AvgIpc) is 3.10. The topological polar surface area (TPSA) is 71.6 Å². The summed E-state index contributed by atoms with van der Waals surface area (Å²) in [4.78, 5) is 32.7. The van der Waals surface area contributed by atoms with Crippen molar-refractivity contribution in [1.82, 2.24) is 14.7 Å². The van der Waals surface area contributed by atoms with Gasteiger partial charge in [0.25, 0.3) is 0 Å². The van der Waals surface area contributed by atoms with Crippen LogP contribution in [-0.4, -0.2) is 77.4 Å². The largest absolute Gasteiger partial charge is 0.586 e. The molecule has 5 rings (SSSR count). The molecule has 45 heavy (non-hydrogen) atoms. The molecule has 0 aliphatic carbocycles. The second-order valence-corrected chi connectivity index (χ2v) is 14.6. The summed E-state index contributed by atoms with van der Waals surface area (Å²) >= 11 is 0. The van der Waals surface area contributed by atoms with Crippen LogP contribution in [0.25, 0.3) is 0 Å². The fraction of sp³-hybridized carbons (Fsp3) is 0.600. The molecule has 10 heteroatoms. The molecule has 2 fully saturated rings. The predicted octanol–water partition coefficient (Wildman–Crippen LogP) is 7.08. The Bertz CT molecular complexity index is 1360. The van der Waals surface area contributed by atoms with Crippen LogP contribution < -0.4 is 9.47 Å². The SMILES string of the molecule is CC(C)(C)OC(=O)N1CCCC(CC(=O)N2CCN(C(c3ccccc3)c3cccc4c3OC(F)(F)O4)CC2C(C)(C)C)CC1. The number of hydrogen-bond acceptors (Lipinski definition) is 6. The van der Waals surface area contributed by atoms with Crippen molar-refractivity contribution in [3.8, 4) is 11.5 Å². The number of para-hydroxylation sites is 1. The predicted molar refractivity (Wildman–Crippen MR) is 167 cm³/mol. The van der Waals surface area contributed by atoms with Crippen molar-refractivity contribution < 1.29 is 32.6 Å². The Hall–Kier alpha value is -3.40. The van der Waals surface area contributed by atoms with E-state index in [1.165, 1.54) is 6.07 Å². The van der Waals surface area contributed by atoms with Gasteiger partial charge in [-0.15, -0.1) is 8.78 Å². The summed E-state index contributed by atoms with van der Waals surface area (Å²) in [7, 11) is 0. The van der Waals surface area contributed by atoms with Gasteiger partial charge in [-0.1, -0.05) is 63.2 Å². The lowest BCUT2D eigenvalue weighted by Gasteiger charge is -2.49. The number of piperazine rings is 1. The van der Waals surface area contributed by atoms with Gasteiger partial charge in [0.2, 0.25) is 5.91 Å². The highest BCUT2D eigenvalue weighted by atomic mass is 19.3. The first-order valence-electron chi connectivity index (χ1n) is 16.1. The van der Waals surface area contributed by atoms with Crippen LogP contribution >= 0.6 is 0 Å². The lowest BCUT2D eigenvalue weighted by atomic mass is 9.82. The molecule has 8 nitrogen and oxygen atoms in total. The maximum atomic E-state index is 14.2. The number of hydrogen-bond donors (Lipinski definition) is 0. The average molecular weight is 628 g/mol. The van der Waals surface area contributed by atoms with Crippen molar-refractivity contribution in [2.24, 2.45) is 11.3 Å². The van der Waals surface area contributed by atoms with E-state index < -0.39 is 11.9 Å². The second kappa shape index (κ2) is 12.8. The second-order valence-electron chi connectivity index (χ2n) is 14.6. The molecule has 0 N–H and O–H groups in total. The highest BCUT2D eigenvalue weighted by Gasteiger charge is 2.47. The minimum absolute atomic E-state index is 0.0215. The van der Waals surface area contributed by atoms with Crippen LogP contribution in [-0.2, 0) is 9.53 Å². The van der Waals surface area contributed by atoms with Crippen LogP contribution in [0.3, 0.4) is 0 Å². The third kappa shape index (κ3) is 7.88. The molecule has 3 aliphatic rings. The third-order valence-corrected chi connectivity index (χ3v) is 8.93. The molecule has 3 aliphatic heterocycles. The number of ether oxygens (including phenoxy) is 3. The van der Waals surface area contributed by atoms with Gasteiger partial charge in [0.05, 0.1) is 6.04 Å². The molecule has 0 saturated carbocycles. The quantitative estimate of drug-likeness (QED) is 0.353. The molecule has 3 heterocycles. The molecule has 0 radical (unpaired) electrons. The smallest absolute Gasteiger partial charge is 0.444 e. The van der Waals surface area contributed by atoms with E-state index >= 15 is 0 Å². The van der Waals surface area contributed by atoms with E-state index in [9.17, 15) is 18.4 Å². The fourth-order valence-corrected chi connectivity index (χ4v) is 6.75. The zero-order valence-electron chi connectivity index (χ0n) is 27.4. The number of alkyl halides is 2. The molecule has 2 saturated heterocycles. The summed E-state index contributed by atoms with van der Waals surface area (Å²) in [5, 5.41) is 0. The first-order valence-corrected chi connectivity index (χ1v) is 16.1. The van der Waals surface area contributed by atoms with Gasteiger partial charge in [-0.25, -0.2) is 4.79 Å². The molecular formula is C35H47F2N3O5. The summed E-state index contributed by atoms with van der Waals surface area (Å²) in [6.07, 6.45) is -1.11. The van der Waals surface area contributed by atoms with E-state index in [1.807, 2.05) is 62.1 Å². The molecule has 0 spiro atoms. The Morgan fingerprint density at radius 2 is 1.67 bits per heavy atom. The van der Waals surface area contributed by atoms with Gasteiger partial charge >= 0.3 is 12.4 Å². The van der Waals surface area contributed by atoms with Gasteiger partial charge in [0.15, 0.2) is 11.5 Å². The number of carbonyl (C=O) groups excluding carboxylic acids is 2. The van der Waals surface area contributed by atoms with Gasteiger partial charge in [0.1, 0.15) is 5.60 Å². The fourth-order valence-electron chi connectivity index (χ4n) is 6.75. The van der Waals surface area contributed by atoms with Crippen molar-refractivity contribution >= 4 is 12.0 Å². The number of halogens is 2. The highest BCUT2D eigenvalue weighted by Crippen LogP contribution is 2.48. The van der Waals surface area contributed by atoms with Crippen LogP contribution in [0.15, 0.2) is 48.5 Å². The summed E-state index contributed by atoms with van der Waals surface area (Å²) in [6, 6.07) is 14.3. The first-order chi connectivity index (χ1) is 21.1. The summed E-state index contributed by atoms with van der Waals surface area (Å²) in [5.41, 5.74) is 0.772. The van der Waals surface area contributed by atoms with E-state index in [4.69, 9.17) is 14.2 Å². The van der Waals surface area contributed by atoms with Crippen LogP contribution in [0.2, 0.25) is 0 Å². The van der Waals surface area contributed by atoms with E-state index in [0.717, 1.165) is 24.8 Å². The van der Waals surface area contributed by atoms with Gasteiger partial charge in [-0.3, -0.25) is 9.69 Å². The molecule has 2 aromatic carbocycles. The number of carbonyl (C=O) groups is 2. The van der Waals surface area contributed by atoms with Crippen molar-refractivity contribution in [3.63, 3.8) is 0 Å². The lowest BCUT2D eigenvalue weighted by Crippen LogP contribution is -2.60. The van der Waals surface area contributed by atoms with Crippen molar-refractivity contribution in [3.05, 3.63) is 59.7 Å². The zero-order chi connectivity index (χ0) is 32.6. The minimum Gasteiger partial charge on any atom is -0.444 e. The summed E-state index contributed by atoms with van der Waals surface area (Å²) < 4.78 is 43.8. The number of rotatable bonds is 5. The Morgan fingerprint density at radius 3 is 2.36 bits per heavy atom. The summed E-state index contributed by atoms with van der Waals surface area (Å²) in [5.74, 6) is 0.383. The van der Waals surface area contributed by atoms with E-state index in [1.54, 1.807) is 11.0 Å². The van der Waals surface area contributed by atoms with Gasteiger partial charge in [-0.05, 0) is 63.0 Å². The number of nitrogens with zero attached hydrogens (tertiary/aromatic N) is 3. The highest BCUT2D eigenvalue weighted by molar-refractivity contribution is 5.77. The van der Waals surface area contributed by atoms with E-state index in [0.29, 0.717) is 44.7 Å². The Kier molecular flexibility index (Phi) is 9.36. The monoisotopic (exact) mass is 627 g/mol. The molecule has 0 bridgehead atoms. The van der Waals surface area contributed by atoms with Crippen LogP contribution in [0.4, 0.5) is 13.6 Å². The molecule has 3 unspecified atom stereocenters. The van der Waals surface area contributed by atoms with E-state index in [-0.39, 0.29) is 46.9 Å². The molecular weight excluding hydrogens is 580 g/mol. The van der Waals surface area contributed by atoms with Crippen molar-refractivity contribution in [2.75, 3.05) is 32.7 Å². The molecule has 2 amide bonds. The van der Waals surface area contributed by atoms with Crippen LogP contribution in [0, 0.1) is 11.3 Å². The van der Waals surface area contributed by atoms with Gasteiger partial charge in [-0.2, -0.15) is 0 Å². The van der Waals surface area contributed by atoms with Crippen LogP contribution in [0.1, 0.15) is 84.4 Å². The number of amides is 2. The first kappa shape index (κ1) is 33.0. The summed E-state index contributed by atoms with van der Waals surface area (Å²) in [6.45, 7) is 14.9. The zero-order valence-corrected chi connectivity index (χ0v) is 27.4. The lowest BCUT2D eigenvalue weighted by molar-refractivity contribution is -0.287. The minimum atomic E-state index is -3.72. The maximum Gasteiger partial charge on any atom is 0.586 e. The Balaban J connectivity index is 1.33. The van der Waals surface area contributed by atoms with Crippen molar-refractivity contribution in [1.29, 1.82) is 0 Å². The molecule has 3 atom stereocenters. The normalized spacial score (nSPS) is 22.9. The van der Waals surface area contributed by atoms with Gasteiger partial charge < -0.3 is 24.0 Å². The molecule has 0 aromatic heterocycles. The van der Waals surface area contributed by atoms with Crippen LogP contribution in [0.5, 0.6) is 11.5 Å². The maximum absolute atomic E-state index is 14.2. The standard InChI is InChI=1S/C35H47F2N3O5/c1-33(2,3)28-23-39(30(25-13-8-7-9-14-25)26-15-10-16-27-31(26)44-35(36,37)43-27)20-21-40(28)29(41)22-24-12-11-18-38(19-17-24)32(42)45-34(4,5)6/h7-10,13-16,24,28,30H,11-12,17-23H2,1-6H3. The molecule has 2 aromatic rings. The number of fused-ring (bicyclic) bond motifs is 1. The third-order valence-electron chi connectivity index (χ3n) is 8.93. The van der Waals surface area contributed by atoms with Gasteiger partial charge in [0, 0.05) is 50.7 Å². The molecule has 246 valence electrons. The van der Waals surface area contributed by atoms with Crippen molar-refractivity contribution in [2.45, 2.75) is 91.2 Å². The Labute approximate surface area is 265 Å². The number of likely N-dealkylation sites (tertiary alicyclic amines) is 1.